The fraction of sp³-hybridized carbons (Fsp3) is 0.348. The molecule has 0 aliphatic heterocycles. The Hall–Kier alpha value is -3.23. The monoisotopic (exact) mass is 452 g/mol. The van der Waals surface area contributed by atoms with Gasteiger partial charge in [-0.25, -0.2) is 9.18 Å². The molecule has 2 aromatic carbocycles. The number of ether oxygens (including phenoxy) is 1. The van der Waals surface area contributed by atoms with Crippen LogP contribution in [-0.2, 0) is 27.0 Å². The van der Waals surface area contributed by atoms with Gasteiger partial charge in [0.25, 0.3) is 0 Å². The van der Waals surface area contributed by atoms with Gasteiger partial charge in [-0.1, -0.05) is 43.7 Å². The highest BCUT2D eigenvalue weighted by molar-refractivity contribution is 6.35. The van der Waals surface area contributed by atoms with Crippen LogP contribution >= 0.6 is 0 Å². The Morgan fingerprint density at radius 1 is 1.12 bits per heavy atom. The van der Waals surface area contributed by atoms with Crippen molar-refractivity contribution in [1.82, 2.24) is 5.32 Å². The first-order valence-corrected chi connectivity index (χ1v) is 10.0. The van der Waals surface area contributed by atoms with Crippen LogP contribution in [0.4, 0.5) is 17.6 Å². The maximum absolute atomic E-state index is 14.0. The summed E-state index contributed by atoms with van der Waals surface area (Å²) < 4.78 is 58.1. The number of rotatable bonds is 9. The molecule has 32 heavy (non-hydrogen) atoms. The minimum atomic E-state index is -4.65. The lowest BCUT2D eigenvalue weighted by atomic mass is 9.93. The molecule has 0 spiro atoms. The molecule has 0 aliphatic rings. The molecule has 0 aromatic heterocycles. The molecule has 2 atom stereocenters. The molecular weight excluding hydrogens is 428 g/mol. The van der Waals surface area contributed by atoms with Crippen LogP contribution < -0.4 is 5.32 Å². The topological polar surface area (TPSA) is 79.2 Å². The van der Waals surface area contributed by atoms with Gasteiger partial charge in [0.2, 0.25) is 5.91 Å². The van der Waals surface area contributed by atoms with Crippen molar-refractivity contribution in [1.29, 1.82) is 5.41 Å². The molecular formula is C23H24F4N2O3. The molecule has 2 N–H and O–H groups in total. The predicted octanol–water partition coefficient (Wildman–Crippen LogP) is 5.00. The lowest BCUT2D eigenvalue weighted by molar-refractivity contribution is -0.143. The van der Waals surface area contributed by atoms with Gasteiger partial charge >= 0.3 is 12.1 Å². The average molecular weight is 452 g/mol. The summed E-state index contributed by atoms with van der Waals surface area (Å²) in [6.45, 7) is 2.81. The third kappa shape index (κ3) is 6.63. The van der Waals surface area contributed by atoms with E-state index in [0.717, 1.165) is 0 Å². The van der Waals surface area contributed by atoms with Crippen molar-refractivity contribution >= 4 is 17.6 Å². The lowest BCUT2D eigenvalue weighted by Gasteiger charge is -2.24. The van der Waals surface area contributed by atoms with E-state index in [9.17, 15) is 27.2 Å². The number of nitrogens with one attached hydrogen (secondary N) is 2. The molecule has 172 valence electrons. The summed E-state index contributed by atoms with van der Waals surface area (Å²) in [6.07, 6.45) is -4.82. The van der Waals surface area contributed by atoms with Gasteiger partial charge in [-0.2, -0.15) is 13.2 Å². The molecule has 0 bridgehead atoms. The number of hydrogen-bond donors (Lipinski definition) is 2. The second-order valence-electron chi connectivity index (χ2n) is 7.25. The summed E-state index contributed by atoms with van der Waals surface area (Å²) in [6, 6.07) is 10.3. The van der Waals surface area contributed by atoms with Crippen LogP contribution in [0, 0.1) is 11.2 Å². The molecule has 0 heterocycles. The molecule has 0 saturated carbocycles. The van der Waals surface area contributed by atoms with Crippen LogP contribution in [-0.4, -0.2) is 23.7 Å². The fourth-order valence-electron chi connectivity index (χ4n) is 3.13. The number of esters is 1. The van der Waals surface area contributed by atoms with E-state index in [1.54, 1.807) is 37.3 Å². The molecule has 2 rings (SSSR count). The molecule has 0 saturated heterocycles. The number of carbonyl (C=O) groups is 2. The van der Waals surface area contributed by atoms with Crippen LogP contribution in [0.3, 0.4) is 0 Å². The molecule has 0 radical (unpaired) electrons. The maximum atomic E-state index is 14.0. The van der Waals surface area contributed by atoms with Gasteiger partial charge < -0.3 is 10.1 Å². The predicted molar refractivity (Wildman–Crippen MR) is 111 cm³/mol. The van der Waals surface area contributed by atoms with Crippen molar-refractivity contribution < 1.29 is 31.9 Å². The number of halogens is 4. The lowest BCUT2D eigenvalue weighted by Crippen LogP contribution is -2.37. The SMILES string of the molecule is CCCC(=N)C(=O)OC(C)C(C(=O)NCc1cc(C(F)(F)F)ccc1F)c1ccccc1. The summed E-state index contributed by atoms with van der Waals surface area (Å²) in [5.41, 5.74) is -1.08. The largest absolute Gasteiger partial charge is 0.457 e. The van der Waals surface area contributed by atoms with Gasteiger partial charge in [-0.3, -0.25) is 10.2 Å². The minimum absolute atomic E-state index is 0.224. The van der Waals surface area contributed by atoms with E-state index in [-0.39, 0.29) is 17.7 Å². The Morgan fingerprint density at radius 2 is 1.78 bits per heavy atom. The van der Waals surface area contributed by atoms with Gasteiger partial charge in [0.05, 0.1) is 11.5 Å². The number of carbonyl (C=O) groups excluding carboxylic acids is 2. The number of amides is 1. The Labute approximate surface area is 183 Å². The van der Waals surface area contributed by atoms with Crippen LogP contribution in [0.15, 0.2) is 48.5 Å². The first kappa shape index (κ1) is 25.0. The molecule has 5 nitrogen and oxygen atoms in total. The fourth-order valence-corrected chi connectivity index (χ4v) is 3.13. The molecule has 9 heteroatoms. The zero-order valence-corrected chi connectivity index (χ0v) is 17.6. The van der Waals surface area contributed by atoms with E-state index in [4.69, 9.17) is 10.1 Å². The Kier molecular flexibility index (Phi) is 8.51. The Bertz CT molecular complexity index is 961. The highest BCUT2D eigenvalue weighted by Gasteiger charge is 2.32. The van der Waals surface area contributed by atoms with Crippen LogP contribution in [0.5, 0.6) is 0 Å². The van der Waals surface area contributed by atoms with Crippen LogP contribution in [0.1, 0.15) is 49.3 Å². The second kappa shape index (κ2) is 10.9. The average Bonchev–Trinajstić information content (AvgIpc) is 2.73. The van der Waals surface area contributed by atoms with E-state index < -0.39 is 48.0 Å². The van der Waals surface area contributed by atoms with E-state index in [1.807, 2.05) is 0 Å². The van der Waals surface area contributed by atoms with Gasteiger partial charge in [0.1, 0.15) is 17.6 Å². The summed E-state index contributed by atoms with van der Waals surface area (Å²) in [4.78, 5) is 25.1. The Balaban J connectivity index is 2.21. The van der Waals surface area contributed by atoms with Gasteiger partial charge in [0.15, 0.2) is 0 Å². The highest BCUT2D eigenvalue weighted by atomic mass is 19.4. The maximum Gasteiger partial charge on any atom is 0.416 e. The standard InChI is InChI=1S/C23H24F4N2O3/c1-3-7-19(28)22(31)32-14(2)20(15-8-5-4-6-9-15)21(30)29-13-16-12-17(23(25,26)27)10-11-18(16)24/h4-6,8-12,14,20,28H,3,7,13H2,1-2H3,(H,29,30). The highest BCUT2D eigenvalue weighted by Crippen LogP contribution is 2.30. The third-order valence-corrected chi connectivity index (χ3v) is 4.78. The van der Waals surface area contributed by atoms with Crippen molar-refractivity contribution in [3.8, 4) is 0 Å². The van der Waals surface area contributed by atoms with Gasteiger partial charge in [-0.15, -0.1) is 0 Å². The van der Waals surface area contributed by atoms with Crippen LogP contribution in [0.25, 0.3) is 0 Å². The smallest absolute Gasteiger partial charge is 0.416 e. The van der Waals surface area contributed by atoms with Crippen molar-refractivity contribution in [2.75, 3.05) is 0 Å². The quantitative estimate of drug-likeness (QED) is 0.319. The normalized spacial score (nSPS) is 13.2. The Morgan fingerprint density at radius 3 is 2.38 bits per heavy atom. The van der Waals surface area contributed by atoms with Crippen molar-refractivity contribution in [3.63, 3.8) is 0 Å². The minimum Gasteiger partial charge on any atom is -0.457 e. The number of benzene rings is 2. The molecule has 2 aromatic rings. The van der Waals surface area contributed by atoms with Crippen molar-refractivity contribution in [2.45, 2.75) is 51.4 Å². The first-order chi connectivity index (χ1) is 15.0. The van der Waals surface area contributed by atoms with E-state index in [0.29, 0.717) is 30.2 Å². The zero-order chi connectivity index (χ0) is 23.9. The summed E-state index contributed by atoms with van der Waals surface area (Å²) in [7, 11) is 0. The van der Waals surface area contributed by atoms with E-state index >= 15 is 0 Å². The number of hydrogen-bond acceptors (Lipinski definition) is 4. The summed E-state index contributed by atoms with van der Waals surface area (Å²) >= 11 is 0. The number of alkyl halides is 3. The van der Waals surface area contributed by atoms with Gasteiger partial charge in [-0.05, 0) is 37.1 Å². The molecule has 0 fully saturated rings. The first-order valence-electron chi connectivity index (χ1n) is 10.0. The zero-order valence-electron chi connectivity index (χ0n) is 17.6. The summed E-state index contributed by atoms with van der Waals surface area (Å²) in [5, 5.41) is 10.2. The second-order valence-corrected chi connectivity index (χ2v) is 7.25. The molecule has 1 amide bonds. The van der Waals surface area contributed by atoms with Crippen LogP contribution in [0.2, 0.25) is 0 Å². The van der Waals surface area contributed by atoms with Crippen molar-refractivity contribution in [3.05, 3.63) is 71.0 Å². The van der Waals surface area contributed by atoms with E-state index in [1.165, 1.54) is 6.92 Å². The molecule has 2 unspecified atom stereocenters. The molecule has 0 aliphatic carbocycles. The van der Waals surface area contributed by atoms with Gasteiger partial charge in [0, 0.05) is 12.1 Å². The third-order valence-electron chi connectivity index (χ3n) is 4.78. The van der Waals surface area contributed by atoms with E-state index in [2.05, 4.69) is 5.32 Å². The van der Waals surface area contributed by atoms with Crippen molar-refractivity contribution in [2.24, 2.45) is 0 Å². The summed E-state index contributed by atoms with van der Waals surface area (Å²) in [5.74, 6) is -3.40.